The lowest BCUT2D eigenvalue weighted by molar-refractivity contribution is -0.128. The molecule has 0 atom stereocenters. The van der Waals surface area contributed by atoms with Crippen molar-refractivity contribution in [2.75, 3.05) is 25.0 Å². The molecule has 0 aromatic heterocycles. The fourth-order valence-electron chi connectivity index (χ4n) is 2.28. The third-order valence-electron chi connectivity index (χ3n) is 3.55. The summed E-state index contributed by atoms with van der Waals surface area (Å²) in [5, 5.41) is 3.18. The molecule has 2 aromatic rings. The van der Waals surface area contributed by atoms with Crippen LogP contribution in [-0.4, -0.2) is 30.4 Å². The predicted molar refractivity (Wildman–Crippen MR) is 88.3 cm³/mol. The summed E-state index contributed by atoms with van der Waals surface area (Å²) < 4.78 is 0. The van der Waals surface area contributed by atoms with E-state index in [-0.39, 0.29) is 5.91 Å². The van der Waals surface area contributed by atoms with Gasteiger partial charge in [-0.05, 0) is 37.1 Å². The standard InChI is InChI=1S/C18H22N2O/c1-3-20(4-2)18(21)14-19-17-12-10-16(11-13-17)15-8-6-5-7-9-15/h5-13,19H,3-4,14H2,1-2H3. The summed E-state index contributed by atoms with van der Waals surface area (Å²) in [6.45, 7) is 5.84. The molecule has 3 heteroatoms. The summed E-state index contributed by atoms with van der Waals surface area (Å²) >= 11 is 0. The Hall–Kier alpha value is -2.29. The van der Waals surface area contributed by atoms with Gasteiger partial charge >= 0.3 is 0 Å². The summed E-state index contributed by atoms with van der Waals surface area (Å²) in [5.41, 5.74) is 3.34. The molecule has 0 saturated carbocycles. The quantitative estimate of drug-likeness (QED) is 0.877. The molecule has 2 aromatic carbocycles. The number of likely N-dealkylation sites (N-methyl/N-ethyl adjacent to an activating group) is 1. The van der Waals surface area contributed by atoms with E-state index in [4.69, 9.17) is 0 Å². The highest BCUT2D eigenvalue weighted by Gasteiger charge is 2.08. The maximum atomic E-state index is 11.9. The molecule has 0 fully saturated rings. The van der Waals surface area contributed by atoms with E-state index in [1.54, 1.807) is 0 Å². The average molecular weight is 282 g/mol. The Kier molecular flexibility index (Phi) is 5.38. The monoisotopic (exact) mass is 282 g/mol. The second-order valence-electron chi connectivity index (χ2n) is 4.86. The van der Waals surface area contributed by atoms with E-state index in [2.05, 4.69) is 29.6 Å². The molecule has 0 unspecified atom stereocenters. The third kappa shape index (κ3) is 4.09. The molecule has 0 bridgehead atoms. The Balaban J connectivity index is 1.96. The number of benzene rings is 2. The van der Waals surface area contributed by atoms with E-state index in [1.807, 2.05) is 49.1 Å². The van der Waals surface area contributed by atoms with Gasteiger partial charge in [0.05, 0.1) is 6.54 Å². The number of hydrogen-bond donors (Lipinski definition) is 1. The van der Waals surface area contributed by atoms with Crippen molar-refractivity contribution in [2.45, 2.75) is 13.8 Å². The molecular weight excluding hydrogens is 260 g/mol. The predicted octanol–water partition coefficient (Wildman–Crippen LogP) is 3.63. The van der Waals surface area contributed by atoms with Gasteiger partial charge in [0.25, 0.3) is 0 Å². The minimum Gasteiger partial charge on any atom is -0.376 e. The number of carbonyl (C=O) groups excluding carboxylic acids is 1. The summed E-state index contributed by atoms with van der Waals surface area (Å²) in [7, 11) is 0. The number of rotatable bonds is 6. The SMILES string of the molecule is CCN(CC)C(=O)CNc1ccc(-c2ccccc2)cc1. The maximum absolute atomic E-state index is 11.9. The lowest BCUT2D eigenvalue weighted by atomic mass is 10.1. The molecular formula is C18H22N2O. The van der Waals surface area contributed by atoms with Gasteiger partial charge in [0.1, 0.15) is 0 Å². The van der Waals surface area contributed by atoms with Crippen molar-refractivity contribution in [1.29, 1.82) is 0 Å². The minimum atomic E-state index is 0.132. The van der Waals surface area contributed by atoms with Crippen molar-refractivity contribution in [2.24, 2.45) is 0 Å². The molecule has 21 heavy (non-hydrogen) atoms. The van der Waals surface area contributed by atoms with Gasteiger partial charge in [-0.2, -0.15) is 0 Å². The van der Waals surface area contributed by atoms with Crippen LogP contribution in [0.25, 0.3) is 11.1 Å². The Morgan fingerprint density at radius 1 is 0.905 bits per heavy atom. The molecule has 1 N–H and O–H groups in total. The number of hydrogen-bond acceptors (Lipinski definition) is 2. The normalized spacial score (nSPS) is 10.2. The molecule has 3 nitrogen and oxygen atoms in total. The first-order valence-electron chi connectivity index (χ1n) is 7.41. The second-order valence-corrected chi connectivity index (χ2v) is 4.86. The lowest BCUT2D eigenvalue weighted by Gasteiger charge is -2.19. The highest BCUT2D eigenvalue weighted by molar-refractivity contribution is 5.81. The van der Waals surface area contributed by atoms with Crippen molar-refractivity contribution in [1.82, 2.24) is 4.90 Å². The van der Waals surface area contributed by atoms with Crippen LogP contribution in [0.2, 0.25) is 0 Å². The van der Waals surface area contributed by atoms with E-state index in [0.717, 1.165) is 18.8 Å². The van der Waals surface area contributed by atoms with Gasteiger partial charge in [-0.3, -0.25) is 4.79 Å². The van der Waals surface area contributed by atoms with Gasteiger partial charge in [-0.25, -0.2) is 0 Å². The van der Waals surface area contributed by atoms with Crippen LogP contribution < -0.4 is 5.32 Å². The largest absolute Gasteiger partial charge is 0.376 e. The zero-order valence-electron chi connectivity index (χ0n) is 12.7. The van der Waals surface area contributed by atoms with Crippen LogP contribution in [-0.2, 0) is 4.79 Å². The smallest absolute Gasteiger partial charge is 0.241 e. The molecule has 1 amide bonds. The van der Waals surface area contributed by atoms with Crippen molar-refractivity contribution in [3.8, 4) is 11.1 Å². The molecule has 2 rings (SSSR count). The van der Waals surface area contributed by atoms with E-state index >= 15 is 0 Å². The van der Waals surface area contributed by atoms with Crippen LogP contribution in [0.15, 0.2) is 54.6 Å². The Labute approximate surface area is 126 Å². The minimum absolute atomic E-state index is 0.132. The van der Waals surface area contributed by atoms with E-state index in [1.165, 1.54) is 11.1 Å². The molecule has 110 valence electrons. The van der Waals surface area contributed by atoms with Gasteiger partial charge in [0, 0.05) is 18.8 Å². The molecule has 0 radical (unpaired) electrons. The molecule has 0 heterocycles. The fraction of sp³-hybridized carbons (Fsp3) is 0.278. The van der Waals surface area contributed by atoms with Crippen LogP contribution in [0.1, 0.15) is 13.8 Å². The fourth-order valence-corrected chi connectivity index (χ4v) is 2.28. The first-order valence-corrected chi connectivity index (χ1v) is 7.41. The van der Waals surface area contributed by atoms with Crippen LogP contribution in [0.5, 0.6) is 0 Å². The number of carbonyl (C=O) groups is 1. The van der Waals surface area contributed by atoms with Crippen molar-refractivity contribution >= 4 is 11.6 Å². The third-order valence-corrected chi connectivity index (χ3v) is 3.55. The van der Waals surface area contributed by atoms with Gasteiger partial charge in [-0.15, -0.1) is 0 Å². The summed E-state index contributed by atoms with van der Waals surface area (Å²) in [6, 6.07) is 18.4. The number of amides is 1. The molecule has 0 aliphatic carbocycles. The van der Waals surface area contributed by atoms with Gasteiger partial charge < -0.3 is 10.2 Å². The molecule has 0 spiro atoms. The Bertz CT molecular complexity index is 560. The van der Waals surface area contributed by atoms with E-state index in [0.29, 0.717) is 6.54 Å². The van der Waals surface area contributed by atoms with Crippen molar-refractivity contribution < 1.29 is 4.79 Å². The van der Waals surface area contributed by atoms with Gasteiger partial charge in [0.15, 0.2) is 0 Å². The number of anilines is 1. The van der Waals surface area contributed by atoms with Crippen LogP contribution in [0.4, 0.5) is 5.69 Å². The number of nitrogens with zero attached hydrogens (tertiary/aromatic N) is 1. The summed E-state index contributed by atoms with van der Waals surface area (Å²) in [4.78, 5) is 13.8. The van der Waals surface area contributed by atoms with Crippen LogP contribution in [0, 0.1) is 0 Å². The average Bonchev–Trinajstić information content (AvgIpc) is 2.55. The summed E-state index contributed by atoms with van der Waals surface area (Å²) in [5.74, 6) is 0.132. The first-order chi connectivity index (χ1) is 10.2. The Morgan fingerprint density at radius 3 is 2.05 bits per heavy atom. The Morgan fingerprint density at radius 2 is 1.48 bits per heavy atom. The summed E-state index contributed by atoms with van der Waals surface area (Å²) in [6.07, 6.45) is 0. The van der Waals surface area contributed by atoms with Gasteiger partial charge in [0.2, 0.25) is 5.91 Å². The number of nitrogens with one attached hydrogen (secondary N) is 1. The highest BCUT2D eigenvalue weighted by Crippen LogP contribution is 2.20. The first kappa shape index (κ1) is 15.1. The van der Waals surface area contributed by atoms with Gasteiger partial charge in [-0.1, -0.05) is 42.5 Å². The van der Waals surface area contributed by atoms with E-state index < -0.39 is 0 Å². The molecule has 0 aliphatic heterocycles. The topological polar surface area (TPSA) is 32.3 Å². The lowest BCUT2D eigenvalue weighted by Crippen LogP contribution is -2.35. The maximum Gasteiger partial charge on any atom is 0.241 e. The highest BCUT2D eigenvalue weighted by atomic mass is 16.2. The molecule has 0 aliphatic rings. The van der Waals surface area contributed by atoms with Crippen molar-refractivity contribution in [3.05, 3.63) is 54.6 Å². The van der Waals surface area contributed by atoms with E-state index in [9.17, 15) is 4.79 Å². The van der Waals surface area contributed by atoms with Crippen LogP contribution in [0.3, 0.4) is 0 Å². The van der Waals surface area contributed by atoms with Crippen LogP contribution >= 0.6 is 0 Å². The van der Waals surface area contributed by atoms with Crippen molar-refractivity contribution in [3.63, 3.8) is 0 Å². The zero-order chi connectivity index (χ0) is 15.1. The second kappa shape index (κ2) is 7.48. The molecule has 0 saturated heterocycles. The zero-order valence-corrected chi connectivity index (χ0v) is 12.7.